The van der Waals surface area contributed by atoms with E-state index in [1.807, 2.05) is 47.8 Å². The molecule has 1 amide bonds. The van der Waals surface area contributed by atoms with Gasteiger partial charge in [0.15, 0.2) is 0 Å². The van der Waals surface area contributed by atoms with E-state index in [0.29, 0.717) is 19.6 Å². The number of aryl methyl sites for hydroxylation is 2. The van der Waals surface area contributed by atoms with Gasteiger partial charge in [-0.2, -0.15) is 0 Å². The quantitative estimate of drug-likeness (QED) is 0.371. The number of thiophene rings is 1. The van der Waals surface area contributed by atoms with Crippen LogP contribution in [0.4, 0.5) is 0 Å². The number of para-hydroxylation sites is 2. The minimum Gasteiger partial charge on any atom is -0.493 e. The minimum atomic E-state index is -0.0282. The van der Waals surface area contributed by atoms with Crippen LogP contribution < -0.4 is 10.1 Å². The third-order valence-corrected chi connectivity index (χ3v) is 6.32. The molecule has 160 valence electrons. The number of carbonyl (C=O) groups is 1. The summed E-state index contributed by atoms with van der Waals surface area (Å²) < 4.78 is 8.28. The summed E-state index contributed by atoms with van der Waals surface area (Å²) in [6.07, 6.45) is 1.56. The fourth-order valence-corrected chi connectivity index (χ4v) is 4.27. The van der Waals surface area contributed by atoms with Gasteiger partial charge >= 0.3 is 0 Å². The smallest absolute Gasteiger partial charge is 0.261 e. The molecule has 0 aliphatic rings. The molecule has 4 rings (SSSR count). The molecule has 6 heteroatoms. The minimum absolute atomic E-state index is 0.0282. The Balaban J connectivity index is 1.39. The Bertz CT molecular complexity index is 1160. The van der Waals surface area contributed by atoms with Crippen LogP contribution in [0, 0.1) is 13.8 Å². The number of rotatable bonds is 9. The van der Waals surface area contributed by atoms with Gasteiger partial charge in [-0.15, -0.1) is 11.3 Å². The summed E-state index contributed by atoms with van der Waals surface area (Å²) in [5.41, 5.74) is 4.54. The Morgan fingerprint density at radius 1 is 1.10 bits per heavy atom. The molecular weight excluding hydrogens is 406 g/mol. The number of imidazole rings is 1. The highest BCUT2D eigenvalue weighted by Gasteiger charge is 2.12. The van der Waals surface area contributed by atoms with Gasteiger partial charge in [-0.1, -0.05) is 30.3 Å². The highest BCUT2D eigenvalue weighted by molar-refractivity contribution is 7.12. The molecule has 2 heterocycles. The largest absolute Gasteiger partial charge is 0.493 e. The molecule has 0 unspecified atom stereocenters. The molecule has 0 saturated carbocycles. The van der Waals surface area contributed by atoms with E-state index < -0.39 is 0 Å². The first-order chi connectivity index (χ1) is 15.1. The molecule has 4 aromatic rings. The molecule has 0 fully saturated rings. The third-order valence-electron chi connectivity index (χ3n) is 5.45. The van der Waals surface area contributed by atoms with Crippen LogP contribution in [0.2, 0.25) is 0 Å². The summed E-state index contributed by atoms with van der Waals surface area (Å²) in [5.74, 6) is 1.91. The standard InChI is InChI=1S/C25H27N3O2S/c1-18-8-5-11-22(19(18)2)30-16-7-15-28-21-10-4-3-9-20(21)27-24(28)13-14-26-25(29)23-12-6-17-31-23/h3-6,8-12,17H,7,13-16H2,1-2H3,(H,26,29). The second kappa shape index (κ2) is 9.79. The van der Waals surface area contributed by atoms with Crippen LogP contribution in [0.15, 0.2) is 60.0 Å². The summed E-state index contributed by atoms with van der Waals surface area (Å²) in [4.78, 5) is 17.7. The number of hydrogen-bond acceptors (Lipinski definition) is 4. The maximum atomic E-state index is 12.2. The van der Waals surface area contributed by atoms with Crippen molar-refractivity contribution in [2.75, 3.05) is 13.2 Å². The van der Waals surface area contributed by atoms with Crippen molar-refractivity contribution in [2.45, 2.75) is 33.2 Å². The molecule has 0 bridgehead atoms. The molecule has 0 spiro atoms. The van der Waals surface area contributed by atoms with E-state index in [4.69, 9.17) is 9.72 Å². The zero-order valence-corrected chi connectivity index (χ0v) is 18.7. The van der Waals surface area contributed by atoms with Crippen LogP contribution in [0.25, 0.3) is 11.0 Å². The van der Waals surface area contributed by atoms with Crippen molar-refractivity contribution in [1.29, 1.82) is 0 Å². The predicted octanol–water partition coefficient (Wildman–Crippen LogP) is 5.16. The molecule has 0 aliphatic heterocycles. The summed E-state index contributed by atoms with van der Waals surface area (Å²) in [6, 6.07) is 18.1. The molecule has 1 N–H and O–H groups in total. The molecule has 31 heavy (non-hydrogen) atoms. The Hall–Kier alpha value is -3.12. The normalized spacial score (nSPS) is 11.0. The number of ether oxygens (including phenoxy) is 1. The number of fused-ring (bicyclic) bond motifs is 1. The van der Waals surface area contributed by atoms with E-state index in [2.05, 4.69) is 35.9 Å². The van der Waals surface area contributed by atoms with E-state index in [-0.39, 0.29) is 5.91 Å². The van der Waals surface area contributed by atoms with Crippen molar-refractivity contribution in [3.05, 3.63) is 81.8 Å². The average Bonchev–Trinajstić information content (AvgIpc) is 3.42. The lowest BCUT2D eigenvalue weighted by Gasteiger charge is -2.13. The topological polar surface area (TPSA) is 56.1 Å². The third kappa shape index (κ3) is 4.97. The van der Waals surface area contributed by atoms with Crippen LogP contribution in [0.3, 0.4) is 0 Å². The van der Waals surface area contributed by atoms with E-state index in [1.54, 1.807) is 0 Å². The van der Waals surface area contributed by atoms with Crippen molar-refractivity contribution in [3.8, 4) is 5.75 Å². The maximum absolute atomic E-state index is 12.2. The van der Waals surface area contributed by atoms with Crippen molar-refractivity contribution in [1.82, 2.24) is 14.9 Å². The monoisotopic (exact) mass is 433 g/mol. The molecule has 0 atom stereocenters. The molecule has 5 nitrogen and oxygen atoms in total. The first-order valence-corrected chi connectivity index (χ1v) is 11.5. The molecule has 0 aliphatic carbocycles. The predicted molar refractivity (Wildman–Crippen MR) is 126 cm³/mol. The van der Waals surface area contributed by atoms with Crippen LogP contribution in [0.5, 0.6) is 5.75 Å². The Labute approximate surface area is 186 Å². The van der Waals surface area contributed by atoms with Crippen molar-refractivity contribution >= 4 is 28.3 Å². The van der Waals surface area contributed by atoms with Gasteiger partial charge in [-0.3, -0.25) is 4.79 Å². The van der Waals surface area contributed by atoms with Crippen LogP contribution >= 0.6 is 11.3 Å². The molecule has 2 aromatic carbocycles. The number of amides is 1. The summed E-state index contributed by atoms with van der Waals surface area (Å²) in [7, 11) is 0. The summed E-state index contributed by atoms with van der Waals surface area (Å²) in [5, 5.41) is 4.91. The fraction of sp³-hybridized carbons (Fsp3) is 0.280. The van der Waals surface area contributed by atoms with Crippen LogP contribution in [0.1, 0.15) is 33.0 Å². The van der Waals surface area contributed by atoms with E-state index in [0.717, 1.165) is 40.5 Å². The molecule has 0 radical (unpaired) electrons. The lowest BCUT2D eigenvalue weighted by molar-refractivity contribution is 0.0958. The first kappa shape index (κ1) is 21.1. The maximum Gasteiger partial charge on any atom is 0.261 e. The van der Waals surface area contributed by atoms with Crippen molar-refractivity contribution < 1.29 is 9.53 Å². The number of hydrogen-bond donors (Lipinski definition) is 1. The number of nitrogens with one attached hydrogen (secondary N) is 1. The molecule has 0 saturated heterocycles. The van der Waals surface area contributed by atoms with Crippen molar-refractivity contribution in [3.63, 3.8) is 0 Å². The lowest BCUT2D eigenvalue weighted by atomic mass is 10.1. The molecule has 2 aromatic heterocycles. The van der Waals surface area contributed by atoms with Gasteiger partial charge in [0, 0.05) is 19.5 Å². The Kier molecular flexibility index (Phi) is 6.67. The zero-order valence-electron chi connectivity index (χ0n) is 17.9. The average molecular weight is 434 g/mol. The van der Waals surface area contributed by atoms with E-state index >= 15 is 0 Å². The van der Waals surface area contributed by atoms with Crippen LogP contribution in [-0.4, -0.2) is 28.6 Å². The Morgan fingerprint density at radius 3 is 2.81 bits per heavy atom. The second-order valence-corrected chi connectivity index (χ2v) is 8.50. The summed E-state index contributed by atoms with van der Waals surface area (Å²) >= 11 is 1.45. The number of benzene rings is 2. The van der Waals surface area contributed by atoms with Crippen molar-refractivity contribution in [2.24, 2.45) is 0 Å². The Morgan fingerprint density at radius 2 is 1.97 bits per heavy atom. The van der Waals surface area contributed by atoms with Gasteiger partial charge in [-0.05, 0) is 61.0 Å². The van der Waals surface area contributed by atoms with E-state index in [1.165, 1.54) is 22.5 Å². The highest BCUT2D eigenvalue weighted by atomic mass is 32.1. The SMILES string of the molecule is Cc1cccc(OCCCn2c(CCNC(=O)c3cccs3)nc3ccccc32)c1C. The van der Waals surface area contributed by atoms with Crippen LogP contribution in [-0.2, 0) is 13.0 Å². The highest BCUT2D eigenvalue weighted by Crippen LogP contribution is 2.21. The fourth-order valence-electron chi connectivity index (χ4n) is 3.63. The van der Waals surface area contributed by atoms with E-state index in [9.17, 15) is 4.79 Å². The summed E-state index contributed by atoms with van der Waals surface area (Å²) in [6.45, 7) is 6.21. The molecular formula is C25H27N3O2S. The number of carbonyl (C=O) groups excluding carboxylic acids is 1. The van der Waals surface area contributed by atoms with Gasteiger partial charge in [0.25, 0.3) is 5.91 Å². The number of aromatic nitrogens is 2. The van der Waals surface area contributed by atoms with Gasteiger partial charge in [0.05, 0.1) is 22.5 Å². The van der Waals surface area contributed by atoms with Gasteiger partial charge < -0.3 is 14.6 Å². The number of nitrogens with zero attached hydrogens (tertiary/aromatic N) is 2. The van der Waals surface area contributed by atoms with Gasteiger partial charge in [0.2, 0.25) is 0 Å². The van der Waals surface area contributed by atoms with Gasteiger partial charge in [-0.25, -0.2) is 4.98 Å². The lowest BCUT2D eigenvalue weighted by Crippen LogP contribution is -2.25. The second-order valence-electron chi connectivity index (χ2n) is 7.55. The first-order valence-electron chi connectivity index (χ1n) is 10.6. The zero-order chi connectivity index (χ0) is 21.6. The van der Waals surface area contributed by atoms with Gasteiger partial charge in [0.1, 0.15) is 11.6 Å².